The second-order valence-electron chi connectivity index (χ2n) is 7.25. The lowest BCUT2D eigenvalue weighted by Gasteiger charge is -2.45. The zero-order chi connectivity index (χ0) is 19.7. The Hall–Kier alpha value is -3.35. The van der Waals surface area contributed by atoms with Gasteiger partial charge in [-0.05, 0) is 61.1 Å². The van der Waals surface area contributed by atoms with Crippen LogP contribution in [0.3, 0.4) is 0 Å². The summed E-state index contributed by atoms with van der Waals surface area (Å²) in [5.74, 6) is -0.349. The van der Waals surface area contributed by atoms with E-state index >= 15 is 0 Å². The summed E-state index contributed by atoms with van der Waals surface area (Å²) in [5.41, 5.74) is 14.6. The van der Waals surface area contributed by atoms with Crippen molar-refractivity contribution in [3.63, 3.8) is 0 Å². The molecular weight excluding hydrogens is 354 g/mol. The number of aliphatic imine (C=N–C) groups is 2. The SMILES string of the molecule is NC1=NC2(CCCCC2)N(c2ccc(-c3cccc(C(=O)O)c3)cc2)C(N)=N1. The number of aromatic carboxylic acids is 1. The maximum Gasteiger partial charge on any atom is 0.335 e. The van der Waals surface area contributed by atoms with Crippen molar-refractivity contribution < 1.29 is 9.90 Å². The van der Waals surface area contributed by atoms with Crippen LogP contribution >= 0.6 is 0 Å². The van der Waals surface area contributed by atoms with Gasteiger partial charge < -0.3 is 16.6 Å². The summed E-state index contributed by atoms with van der Waals surface area (Å²) >= 11 is 0. The van der Waals surface area contributed by atoms with E-state index in [2.05, 4.69) is 9.98 Å². The maximum atomic E-state index is 11.2. The minimum atomic E-state index is -0.939. The molecule has 2 aromatic rings. The monoisotopic (exact) mass is 377 g/mol. The highest BCUT2D eigenvalue weighted by atomic mass is 16.4. The normalized spacial score (nSPS) is 18.5. The summed E-state index contributed by atoms with van der Waals surface area (Å²) in [7, 11) is 0. The Bertz CT molecular complexity index is 959. The number of rotatable bonds is 3. The van der Waals surface area contributed by atoms with Gasteiger partial charge in [-0.25, -0.2) is 9.79 Å². The quantitative estimate of drug-likeness (QED) is 0.759. The van der Waals surface area contributed by atoms with Crippen LogP contribution in [0.1, 0.15) is 42.5 Å². The molecule has 0 amide bonds. The zero-order valence-corrected chi connectivity index (χ0v) is 15.5. The number of nitrogens with two attached hydrogens (primary N) is 2. The van der Waals surface area contributed by atoms with E-state index in [0.29, 0.717) is 5.96 Å². The maximum absolute atomic E-state index is 11.2. The Kier molecular flexibility index (Phi) is 4.50. The van der Waals surface area contributed by atoms with Gasteiger partial charge in [0.1, 0.15) is 5.66 Å². The Balaban J connectivity index is 1.69. The van der Waals surface area contributed by atoms with Gasteiger partial charge in [0.25, 0.3) is 0 Å². The number of hydrogen-bond donors (Lipinski definition) is 3. The van der Waals surface area contributed by atoms with Gasteiger partial charge in [-0.1, -0.05) is 30.7 Å². The predicted molar refractivity (Wildman–Crippen MR) is 110 cm³/mol. The Morgan fingerprint density at radius 1 is 1.00 bits per heavy atom. The minimum Gasteiger partial charge on any atom is -0.478 e. The number of anilines is 1. The van der Waals surface area contributed by atoms with Crippen molar-refractivity contribution in [1.29, 1.82) is 0 Å². The van der Waals surface area contributed by atoms with E-state index < -0.39 is 11.6 Å². The molecule has 28 heavy (non-hydrogen) atoms. The van der Waals surface area contributed by atoms with Gasteiger partial charge in [0.2, 0.25) is 11.9 Å². The topological polar surface area (TPSA) is 117 Å². The first-order valence-electron chi connectivity index (χ1n) is 9.42. The van der Waals surface area contributed by atoms with Gasteiger partial charge in [0.05, 0.1) is 5.56 Å². The summed E-state index contributed by atoms with van der Waals surface area (Å²) in [4.78, 5) is 22.1. The van der Waals surface area contributed by atoms with Gasteiger partial charge in [-0.2, -0.15) is 4.99 Å². The van der Waals surface area contributed by atoms with Gasteiger partial charge >= 0.3 is 5.97 Å². The molecule has 0 radical (unpaired) electrons. The molecule has 4 rings (SSSR count). The van der Waals surface area contributed by atoms with E-state index in [1.165, 1.54) is 6.42 Å². The number of nitrogens with zero attached hydrogens (tertiary/aromatic N) is 3. The molecule has 0 aromatic heterocycles. The number of carboxylic acids is 1. The number of carboxylic acid groups (broad SMARTS) is 1. The molecule has 2 aliphatic rings. The molecule has 1 saturated carbocycles. The van der Waals surface area contributed by atoms with Gasteiger partial charge in [0.15, 0.2) is 0 Å². The highest BCUT2D eigenvalue weighted by Crippen LogP contribution is 2.39. The molecule has 144 valence electrons. The van der Waals surface area contributed by atoms with E-state index in [-0.39, 0.29) is 11.5 Å². The van der Waals surface area contributed by atoms with Crippen molar-refractivity contribution in [2.75, 3.05) is 4.90 Å². The van der Waals surface area contributed by atoms with Crippen molar-refractivity contribution in [1.82, 2.24) is 0 Å². The highest BCUT2D eigenvalue weighted by Gasteiger charge is 2.42. The molecule has 0 saturated heterocycles. The largest absolute Gasteiger partial charge is 0.478 e. The fraction of sp³-hybridized carbons (Fsp3) is 0.286. The van der Waals surface area contributed by atoms with E-state index in [1.54, 1.807) is 18.2 Å². The molecule has 1 heterocycles. The number of hydrogen-bond acceptors (Lipinski definition) is 6. The smallest absolute Gasteiger partial charge is 0.335 e. The van der Waals surface area contributed by atoms with Crippen molar-refractivity contribution in [3.8, 4) is 11.1 Å². The summed E-state index contributed by atoms with van der Waals surface area (Å²) in [5, 5.41) is 9.21. The first-order chi connectivity index (χ1) is 13.5. The Morgan fingerprint density at radius 2 is 1.71 bits per heavy atom. The first-order valence-corrected chi connectivity index (χ1v) is 9.42. The molecule has 7 nitrogen and oxygen atoms in total. The van der Waals surface area contributed by atoms with Gasteiger partial charge in [-0.3, -0.25) is 4.90 Å². The van der Waals surface area contributed by atoms with E-state index in [9.17, 15) is 9.90 Å². The molecule has 1 aliphatic heterocycles. The van der Waals surface area contributed by atoms with Crippen LogP contribution in [0, 0.1) is 0 Å². The summed E-state index contributed by atoms with van der Waals surface area (Å²) < 4.78 is 0. The molecular formula is C21H23N5O2. The molecule has 7 heteroatoms. The van der Waals surface area contributed by atoms with Crippen LogP contribution in [0.25, 0.3) is 11.1 Å². The minimum absolute atomic E-state index is 0.234. The molecule has 1 aliphatic carbocycles. The molecule has 0 unspecified atom stereocenters. The van der Waals surface area contributed by atoms with Crippen molar-refractivity contribution >= 4 is 23.6 Å². The third-order valence-electron chi connectivity index (χ3n) is 5.42. The van der Waals surface area contributed by atoms with E-state index in [4.69, 9.17) is 11.5 Å². The highest BCUT2D eigenvalue weighted by molar-refractivity contribution is 6.05. The standard InChI is InChI=1S/C21H23N5O2/c22-19-24-20(23)26(21(25-19)11-2-1-3-12-21)17-9-7-14(8-10-17)15-5-4-6-16(13-15)18(27)28/h4-10,13H,1-3,11-12H2,(H,27,28)(H4,22,23,24,25). The Labute approximate surface area is 163 Å². The number of benzene rings is 2. The van der Waals surface area contributed by atoms with Crippen LogP contribution in [0.15, 0.2) is 58.5 Å². The van der Waals surface area contributed by atoms with Gasteiger partial charge in [0, 0.05) is 5.69 Å². The van der Waals surface area contributed by atoms with Crippen molar-refractivity contribution in [2.45, 2.75) is 37.8 Å². The Morgan fingerprint density at radius 3 is 2.39 bits per heavy atom. The molecule has 1 fully saturated rings. The molecule has 1 spiro atoms. The number of carbonyl (C=O) groups is 1. The lowest BCUT2D eigenvalue weighted by molar-refractivity contribution is 0.0697. The third kappa shape index (κ3) is 3.19. The fourth-order valence-corrected chi connectivity index (χ4v) is 4.13. The average molecular weight is 377 g/mol. The fourth-order valence-electron chi connectivity index (χ4n) is 4.13. The number of guanidine groups is 2. The summed E-state index contributed by atoms with van der Waals surface area (Å²) in [6, 6.07) is 14.8. The van der Waals surface area contributed by atoms with Crippen LogP contribution in [0.5, 0.6) is 0 Å². The van der Waals surface area contributed by atoms with Crippen LogP contribution < -0.4 is 16.4 Å². The lowest BCUT2D eigenvalue weighted by atomic mass is 9.87. The molecule has 0 bridgehead atoms. The second kappa shape index (κ2) is 6.99. The summed E-state index contributed by atoms with van der Waals surface area (Å²) in [6.45, 7) is 0. The van der Waals surface area contributed by atoms with Crippen LogP contribution in [-0.4, -0.2) is 28.7 Å². The average Bonchev–Trinajstić information content (AvgIpc) is 2.68. The summed E-state index contributed by atoms with van der Waals surface area (Å²) in [6.07, 6.45) is 5.08. The van der Waals surface area contributed by atoms with E-state index in [0.717, 1.165) is 42.5 Å². The van der Waals surface area contributed by atoms with Crippen LogP contribution in [0.4, 0.5) is 5.69 Å². The van der Waals surface area contributed by atoms with E-state index in [1.807, 2.05) is 35.2 Å². The lowest BCUT2D eigenvalue weighted by Crippen LogP contribution is -2.58. The van der Waals surface area contributed by atoms with Crippen molar-refractivity contribution in [3.05, 3.63) is 54.1 Å². The van der Waals surface area contributed by atoms with Gasteiger partial charge in [-0.15, -0.1) is 0 Å². The van der Waals surface area contributed by atoms with Crippen LogP contribution in [-0.2, 0) is 0 Å². The third-order valence-corrected chi connectivity index (χ3v) is 5.42. The first kappa shape index (κ1) is 18.0. The van der Waals surface area contributed by atoms with Crippen molar-refractivity contribution in [2.24, 2.45) is 21.5 Å². The molecule has 5 N–H and O–H groups in total. The van der Waals surface area contributed by atoms with Crippen LogP contribution in [0.2, 0.25) is 0 Å². The second-order valence-corrected chi connectivity index (χ2v) is 7.25. The molecule has 0 atom stereocenters. The molecule has 2 aromatic carbocycles. The predicted octanol–water partition coefficient (Wildman–Crippen LogP) is 3.16. The zero-order valence-electron chi connectivity index (χ0n) is 15.5.